The maximum Gasteiger partial charge on any atom is 0.315 e. The number of hydrogen-bond donors (Lipinski definition) is 2. The topological polar surface area (TPSA) is 63.0 Å². The molecule has 2 N–H and O–H groups in total. The van der Waals surface area contributed by atoms with Gasteiger partial charge in [-0.15, -0.1) is 5.10 Å². The molecule has 0 bridgehead atoms. The summed E-state index contributed by atoms with van der Waals surface area (Å²) < 4.78 is 5.53. The van der Waals surface area contributed by atoms with E-state index in [1.807, 2.05) is 6.92 Å². The fourth-order valence-electron chi connectivity index (χ4n) is 1.36. The molecule has 0 spiro atoms. The first kappa shape index (κ1) is 14.0. The molecule has 17 heavy (non-hydrogen) atoms. The molecule has 5 heteroatoms. The van der Waals surface area contributed by atoms with Gasteiger partial charge in [0.15, 0.2) is 0 Å². The normalized spacial score (nSPS) is 14.9. The third-order valence-corrected chi connectivity index (χ3v) is 3.03. The van der Waals surface area contributed by atoms with Crippen molar-refractivity contribution >= 4 is 6.01 Å². The number of anilines is 1. The Kier molecular flexibility index (Phi) is 5.41. The lowest BCUT2D eigenvalue weighted by Crippen LogP contribution is -2.18. The molecule has 0 saturated heterocycles. The van der Waals surface area contributed by atoms with Crippen LogP contribution in [0.4, 0.5) is 6.01 Å². The van der Waals surface area contributed by atoms with E-state index in [-0.39, 0.29) is 6.04 Å². The summed E-state index contributed by atoms with van der Waals surface area (Å²) in [5, 5.41) is 14.4. The van der Waals surface area contributed by atoms with E-state index < -0.39 is 0 Å². The molecule has 0 aromatic carbocycles. The van der Waals surface area contributed by atoms with Crippen LogP contribution in [0.1, 0.15) is 46.6 Å². The molecule has 0 amide bonds. The summed E-state index contributed by atoms with van der Waals surface area (Å²) in [5.41, 5.74) is 0. The number of nitrogens with one attached hydrogen (secondary N) is 2. The minimum absolute atomic E-state index is 0.102. The van der Waals surface area contributed by atoms with Crippen LogP contribution in [0.2, 0.25) is 0 Å². The summed E-state index contributed by atoms with van der Waals surface area (Å²) in [6, 6.07) is 0.614. The Morgan fingerprint density at radius 2 is 1.88 bits per heavy atom. The summed E-state index contributed by atoms with van der Waals surface area (Å²) >= 11 is 0. The maximum absolute atomic E-state index is 5.53. The highest BCUT2D eigenvalue weighted by atomic mass is 16.4. The van der Waals surface area contributed by atoms with Gasteiger partial charge >= 0.3 is 6.01 Å². The van der Waals surface area contributed by atoms with Crippen LogP contribution in [0, 0.1) is 11.8 Å². The van der Waals surface area contributed by atoms with Gasteiger partial charge in [-0.2, -0.15) is 0 Å². The Balaban J connectivity index is 2.45. The third-order valence-electron chi connectivity index (χ3n) is 3.03. The van der Waals surface area contributed by atoms with Crippen LogP contribution in [0.5, 0.6) is 0 Å². The second kappa shape index (κ2) is 6.59. The molecule has 0 radical (unpaired) electrons. The van der Waals surface area contributed by atoms with Crippen LogP contribution in [0.3, 0.4) is 0 Å². The standard InChI is InChI=1S/C12H24N4O/c1-6-13-10(5)11-15-16-12(17-11)14-7-9(4)8(2)3/h8-10,13H,6-7H2,1-5H3,(H,14,16). The quantitative estimate of drug-likeness (QED) is 0.766. The van der Waals surface area contributed by atoms with E-state index in [1.165, 1.54) is 0 Å². The van der Waals surface area contributed by atoms with Crippen LogP contribution >= 0.6 is 0 Å². The molecule has 1 aromatic rings. The largest absolute Gasteiger partial charge is 0.406 e. The average molecular weight is 240 g/mol. The second-order valence-corrected chi connectivity index (χ2v) is 4.83. The predicted octanol–water partition coefficient (Wildman–Crippen LogP) is 2.44. The zero-order valence-corrected chi connectivity index (χ0v) is 11.4. The van der Waals surface area contributed by atoms with Crippen molar-refractivity contribution in [3.8, 4) is 0 Å². The molecule has 0 aliphatic heterocycles. The van der Waals surface area contributed by atoms with Crippen LogP contribution in [-0.4, -0.2) is 23.3 Å². The second-order valence-electron chi connectivity index (χ2n) is 4.83. The van der Waals surface area contributed by atoms with Gasteiger partial charge in [-0.25, -0.2) is 0 Å². The number of aromatic nitrogens is 2. The van der Waals surface area contributed by atoms with Gasteiger partial charge in [0.05, 0.1) is 6.04 Å². The van der Waals surface area contributed by atoms with Crippen LogP contribution < -0.4 is 10.6 Å². The Morgan fingerprint density at radius 3 is 2.47 bits per heavy atom. The lowest BCUT2D eigenvalue weighted by molar-refractivity contribution is 0.414. The van der Waals surface area contributed by atoms with Crippen molar-refractivity contribution in [2.45, 2.75) is 40.7 Å². The van der Waals surface area contributed by atoms with Crippen molar-refractivity contribution in [2.75, 3.05) is 18.4 Å². The summed E-state index contributed by atoms with van der Waals surface area (Å²) in [6.45, 7) is 12.4. The minimum atomic E-state index is 0.102. The Bertz CT molecular complexity index is 324. The van der Waals surface area contributed by atoms with E-state index in [9.17, 15) is 0 Å². The van der Waals surface area contributed by atoms with Gasteiger partial charge in [0.1, 0.15) is 0 Å². The van der Waals surface area contributed by atoms with Crippen molar-refractivity contribution in [2.24, 2.45) is 11.8 Å². The SMILES string of the molecule is CCNC(C)c1nnc(NCC(C)C(C)C)o1. The minimum Gasteiger partial charge on any atom is -0.406 e. The van der Waals surface area contributed by atoms with E-state index in [2.05, 4.69) is 48.5 Å². The first-order valence-electron chi connectivity index (χ1n) is 6.35. The monoisotopic (exact) mass is 240 g/mol. The van der Waals surface area contributed by atoms with Crippen molar-refractivity contribution in [3.63, 3.8) is 0 Å². The number of hydrogen-bond acceptors (Lipinski definition) is 5. The van der Waals surface area contributed by atoms with Crippen molar-refractivity contribution in [3.05, 3.63) is 5.89 Å². The van der Waals surface area contributed by atoms with Gasteiger partial charge in [-0.1, -0.05) is 32.8 Å². The molecule has 1 aromatic heterocycles. The van der Waals surface area contributed by atoms with Gasteiger partial charge in [0, 0.05) is 6.54 Å². The van der Waals surface area contributed by atoms with Crippen LogP contribution in [0.15, 0.2) is 4.42 Å². The fraction of sp³-hybridized carbons (Fsp3) is 0.833. The average Bonchev–Trinajstić information content (AvgIpc) is 2.74. The Morgan fingerprint density at radius 1 is 1.18 bits per heavy atom. The lowest BCUT2D eigenvalue weighted by atomic mass is 9.98. The molecule has 2 atom stereocenters. The summed E-state index contributed by atoms with van der Waals surface area (Å²) in [4.78, 5) is 0. The van der Waals surface area contributed by atoms with Crippen molar-refractivity contribution in [1.29, 1.82) is 0 Å². The van der Waals surface area contributed by atoms with Crippen molar-refractivity contribution < 1.29 is 4.42 Å². The maximum atomic E-state index is 5.53. The first-order valence-corrected chi connectivity index (χ1v) is 6.35. The van der Waals surface area contributed by atoms with E-state index in [0.29, 0.717) is 23.7 Å². The van der Waals surface area contributed by atoms with E-state index in [1.54, 1.807) is 0 Å². The molecule has 5 nitrogen and oxygen atoms in total. The van der Waals surface area contributed by atoms with E-state index in [0.717, 1.165) is 13.1 Å². The lowest BCUT2D eigenvalue weighted by Gasteiger charge is -2.14. The van der Waals surface area contributed by atoms with Crippen LogP contribution in [0.25, 0.3) is 0 Å². The zero-order chi connectivity index (χ0) is 12.8. The van der Waals surface area contributed by atoms with Gasteiger partial charge in [0.25, 0.3) is 0 Å². The molecule has 2 unspecified atom stereocenters. The van der Waals surface area contributed by atoms with Crippen molar-refractivity contribution in [1.82, 2.24) is 15.5 Å². The molecule has 1 rings (SSSR count). The molecular formula is C12H24N4O. The zero-order valence-electron chi connectivity index (χ0n) is 11.4. The smallest absolute Gasteiger partial charge is 0.315 e. The molecule has 1 heterocycles. The molecule has 0 fully saturated rings. The first-order chi connectivity index (χ1) is 8.04. The van der Waals surface area contributed by atoms with Gasteiger partial charge in [-0.05, 0) is 25.3 Å². The van der Waals surface area contributed by atoms with E-state index in [4.69, 9.17) is 4.42 Å². The molecular weight excluding hydrogens is 216 g/mol. The Hall–Kier alpha value is -1.10. The predicted molar refractivity (Wildman–Crippen MR) is 68.9 cm³/mol. The number of rotatable bonds is 7. The highest BCUT2D eigenvalue weighted by Gasteiger charge is 2.13. The third kappa shape index (κ3) is 4.34. The van der Waals surface area contributed by atoms with Gasteiger partial charge < -0.3 is 15.1 Å². The number of nitrogens with zero attached hydrogens (tertiary/aromatic N) is 2. The fourth-order valence-corrected chi connectivity index (χ4v) is 1.36. The molecule has 0 aliphatic rings. The van der Waals surface area contributed by atoms with Gasteiger partial charge in [-0.3, -0.25) is 0 Å². The molecule has 98 valence electrons. The van der Waals surface area contributed by atoms with Crippen LogP contribution in [-0.2, 0) is 0 Å². The highest BCUT2D eigenvalue weighted by molar-refractivity contribution is 5.17. The Labute approximate surface area is 103 Å². The summed E-state index contributed by atoms with van der Waals surface area (Å²) in [6.07, 6.45) is 0. The summed E-state index contributed by atoms with van der Waals surface area (Å²) in [5.74, 6) is 1.86. The molecule has 0 aliphatic carbocycles. The van der Waals surface area contributed by atoms with E-state index >= 15 is 0 Å². The van der Waals surface area contributed by atoms with Gasteiger partial charge in [0.2, 0.25) is 5.89 Å². The highest BCUT2D eigenvalue weighted by Crippen LogP contribution is 2.15. The summed E-state index contributed by atoms with van der Waals surface area (Å²) in [7, 11) is 0. The molecule has 0 saturated carbocycles.